The smallest absolute Gasteiger partial charge is 0.408 e. The van der Waals surface area contributed by atoms with Crippen LogP contribution in [0.25, 0.3) is 0 Å². The topological polar surface area (TPSA) is 128 Å². The number of carbonyl (C=O) groups is 4. The lowest BCUT2D eigenvalue weighted by Gasteiger charge is -2.28. The number of hydrogen-bond donors (Lipinski definition) is 2. The van der Waals surface area contributed by atoms with Crippen molar-refractivity contribution in [3.63, 3.8) is 0 Å². The lowest BCUT2D eigenvalue weighted by Crippen LogP contribution is -2.53. The van der Waals surface area contributed by atoms with Gasteiger partial charge in [0.25, 0.3) is 0 Å². The van der Waals surface area contributed by atoms with Gasteiger partial charge in [0.2, 0.25) is 11.8 Å². The molecule has 0 aromatic rings. The Hall–Kier alpha value is -2.32. The maximum absolute atomic E-state index is 13.2. The standard InChI is InChI=1S/C22H33N3O6/c1-30-21(28)16-11-12(16)4-2-5-17(20(27)25-7-3-6-18(25)19(23)26)24-22(29)31-15-9-13-8-14(13)10-15/h12-18H,2-11H2,1H3,(H2,23,26)(H,24,29)/t12-,13?,14?,15?,16+,17+,18+/m1/s1. The third-order valence-electron chi connectivity index (χ3n) is 7.42. The second kappa shape index (κ2) is 9.04. The number of carbonyl (C=O) groups excluding carboxylic acids is 4. The van der Waals surface area contributed by atoms with E-state index in [4.69, 9.17) is 15.2 Å². The number of ether oxygens (including phenoxy) is 2. The Morgan fingerprint density at radius 2 is 1.87 bits per heavy atom. The zero-order valence-corrected chi connectivity index (χ0v) is 18.1. The molecule has 0 spiro atoms. The summed E-state index contributed by atoms with van der Waals surface area (Å²) in [5.41, 5.74) is 5.47. The van der Waals surface area contributed by atoms with Gasteiger partial charge in [0.15, 0.2) is 0 Å². The summed E-state index contributed by atoms with van der Waals surface area (Å²) in [5, 5.41) is 2.75. The number of rotatable bonds is 9. The fraction of sp³-hybridized carbons (Fsp3) is 0.818. The summed E-state index contributed by atoms with van der Waals surface area (Å²) in [6, 6.07) is -1.39. The SMILES string of the molecule is COC(=O)[C@H]1C[C@H]1CCC[C@H](NC(=O)OC1CC2CC2C1)C(=O)N1CCC[C@H]1C(N)=O. The molecule has 4 aliphatic rings. The van der Waals surface area contributed by atoms with Crippen molar-refractivity contribution in [2.24, 2.45) is 29.4 Å². The summed E-state index contributed by atoms with van der Waals surface area (Å²) >= 11 is 0. The van der Waals surface area contributed by atoms with E-state index in [9.17, 15) is 19.2 Å². The minimum Gasteiger partial charge on any atom is -0.469 e. The van der Waals surface area contributed by atoms with Crippen LogP contribution >= 0.6 is 0 Å². The Morgan fingerprint density at radius 3 is 2.55 bits per heavy atom. The van der Waals surface area contributed by atoms with Gasteiger partial charge in [-0.15, -0.1) is 0 Å². The molecular weight excluding hydrogens is 402 g/mol. The Bertz CT molecular complexity index is 733. The number of nitrogens with one attached hydrogen (secondary N) is 1. The number of esters is 1. The first kappa shape index (κ1) is 21.9. The maximum Gasteiger partial charge on any atom is 0.408 e. The molecular formula is C22H33N3O6. The fourth-order valence-corrected chi connectivity index (χ4v) is 5.46. The molecule has 2 unspecified atom stereocenters. The second-order valence-corrected chi connectivity index (χ2v) is 9.60. The number of amides is 3. The summed E-state index contributed by atoms with van der Waals surface area (Å²) in [6.07, 6.45) is 6.36. The highest BCUT2D eigenvalue weighted by molar-refractivity contribution is 5.91. The largest absolute Gasteiger partial charge is 0.469 e. The molecule has 0 aromatic carbocycles. The number of methoxy groups -OCH3 is 1. The van der Waals surface area contributed by atoms with Gasteiger partial charge in [0.1, 0.15) is 18.2 Å². The first-order valence-electron chi connectivity index (χ1n) is 11.5. The first-order valence-corrected chi connectivity index (χ1v) is 11.5. The number of nitrogens with zero attached hydrogens (tertiary/aromatic N) is 1. The summed E-state index contributed by atoms with van der Waals surface area (Å²) in [7, 11) is 1.39. The molecule has 4 rings (SSSR count). The Balaban J connectivity index is 1.32. The zero-order chi connectivity index (χ0) is 22.1. The van der Waals surface area contributed by atoms with Gasteiger partial charge >= 0.3 is 12.1 Å². The lowest BCUT2D eigenvalue weighted by atomic mass is 10.0. The van der Waals surface area contributed by atoms with E-state index in [1.165, 1.54) is 18.4 Å². The summed E-state index contributed by atoms with van der Waals surface area (Å²) < 4.78 is 10.3. The van der Waals surface area contributed by atoms with Crippen LogP contribution in [0, 0.1) is 23.7 Å². The van der Waals surface area contributed by atoms with E-state index in [1.807, 2.05) is 0 Å². The molecule has 3 N–H and O–H groups in total. The van der Waals surface area contributed by atoms with Crippen molar-refractivity contribution < 1.29 is 28.7 Å². The first-order chi connectivity index (χ1) is 14.9. The number of likely N-dealkylation sites (tertiary alicyclic amines) is 1. The molecule has 3 amide bonds. The van der Waals surface area contributed by atoms with E-state index in [2.05, 4.69) is 5.32 Å². The minimum atomic E-state index is -0.765. The van der Waals surface area contributed by atoms with E-state index in [-0.39, 0.29) is 29.8 Å². The average Bonchev–Trinajstić information content (AvgIpc) is 3.56. The molecule has 31 heavy (non-hydrogen) atoms. The van der Waals surface area contributed by atoms with Crippen LogP contribution in [-0.2, 0) is 23.9 Å². The van der Waals surface area contributed by atoms with Gasteiger partial charge in [0.05, 0.1) is 13.0 Å². The molecule has 0 bridgehead atoms. The Kier molecular flexibility index (Phi) is 6.39. The van der Waals surface area contributed by atoms with Crippen LogP contribution in [0.5, 0.6) is 0 Å². The fourth-order valence-electron chi connectivity index (χ4n) is 5.46. The molecule has 3 saturated carbocycles. The Morgan fingerprint density at radius 1 is 1.13 bits per heavy atom. The van der Waals surface area contributed by atoms with E-state index < -0.39 is 24.1 Å². The highest BCUT2D eigenvalue weighted by Gasteiger charge is 2.47. The third kappa shape index (κ3) is 5.13. The predicted octanol–water partition coefficient (Wildman–Crippen LogP) is 1.34. The Labute approximate surface area is 182 Å². The van der Waals surface area contributed by atoms with Crippen molar-refractivity contribution in [2.45, 2.75) is 76.0 Å². The van der Waals surface area contributed by atoms with Crippen LogP contribution in [0.2, 0.25) is 0 Å². The van der Waals surface area contributed by atoms with Crippen LogP contribution in [0.15, 0.2) is 0 Å². The zero-order valence-electron chi connectivity index (χ0n) is 18.1. The van der Waals surface area contributed by atoms with Gasteiger partial charge in [0, 0.05) is 6.54 Å². The molecule has 4 fully saturated rings. The number of nitrogens with two attached hydrogens (primary N) is 1. The monoisotopic (exact) mass is 435 g/mol. The van der Waals surface area contributed by atoms with Crippen molar-refractivity contribution in [1.82, 2.24) is 10.2 Å². The van der Waals surface area contributed by atoms with E-state index in [1.54, 1.807) is 0 Å². The molecule has 172 valence electrons. The van der Waals surface area contributed by atoms with Crippen LogP contribution in [-0.4, -0.2) is 60.6 Å². The average molecular weight is 436 g/mol. The number of primary amides is 1. The molecule has 9 heteroatoms. The van der Waals surface area contributed by atoms with Crippen molar-refractivity contribution in [1.29, 1.82) is 0 Å². The van der Waals surface area contributed by atoms with Crippen molar-refractivity contribution in [3.05, 3.63) is 0 Å². The van der Waals surface area contributed by atoms with E-state index >= 15 is 0 Å². The molecule has 1 heterocycles. The van der Waals surface area contributed by atoms with Gasteiger partial charge in [-0.3, -0.25) is 14.4 Å². The highest BCUT2D eigenvalue weighted by atomic mass is 16.6. The third-order valence-corrected chi connectivity index (χ3v) is 7.42. The quantitative estimate of drug-likeness (QED) is 0.526. The molecule has 1 aliphatic heterocycles. The predicted molar refractivity (Wildman–Crippen MR) is 109 cm³/mol. The van der Waals surface area contributed by atoms with Crippen molar-refractivity contribution in [2.75, 3.05) is 13.7 Å². The van der Waals surface area contributed by atoms with Gasteiger partial charge in [-0.05, 0) is 69.1 Å². The van der Waals surface area contributed by atoms with Crippen LogP contribution in [0.3, 0.4) is 0 Å². The van der Waals surface area contributed by atoms with Gasteiger partial charge < -0.3 is 25.4 Å². The summed E-state index contributed by atoms with van der Waals surface area (Å²) in [5.74, 6) is 0.614. The molecule has 0 aromatic heterocycles. The highest BCUT2D eigenvalue weighted by Crippen LogP contribution is 2.52. The molecule has 0 radical (unpaired) electrons. The van der Waals surface area contributed by atoms with Gasteiger partial charge in [-0.25, -0.2) is 4.79 Å². The van der Waals surface area contributed by atoms with Crippen molar-refractivity contribution >= 4 is 23.9 Å². The van der Waals surface area contributed by atoms with Crippen molar-refractivity contribution in [3.8, 4) is 0 Å². The molecule has 6 atom stereocenters. The second-order valence-electron chi connectivity index (χ2n) is 9.60. The van der Waals surface area contributed by atoms with Gasteiger partial charge in [-0.2, -0.15) is 0 Å². The summed E-state index contributed by atoms with van der Waals surface area (Å²) in [6.45, 7) is 0.457. The number of alkyl carbamates (subject to hydrolysis) is 1. The molecule has 9 nitrogen and oxygen atoms in total. The van der Waals surface area contributed by atoms with E-state index in [0.717, 1.165) is 25.7 Å². The minimum absolute atomic E-state index is 0.0521. The van der Waals surface area contributed by atoms with Crippen LogP contribution in [0.4, 0.5) is 4.79 Å². The molecule has 3 aliphatic carbocycles. The number of fused-ring (bicyclic) bond motifs is 1. The lowest BCUT2D eigenvalue weighted by molar-refractivity contribution is -0.142. The molecule has 1 saturated heterocycles. The maximum atomic E-state index is 13.2. The van der Waals surface area contributed by atoms with Gasteiger partial charge in [-0.1, -0.05) is 6.42 Å². The number of hydrogen-bond acceptors (Lipinski definition) is 6. The van der Waals surface area contributed by atoms with E-state index in [0.29, 0.717) is 44.1 Å². The van der Waals surface area contributed by atoms with Crippen LogP contribution in [0.1, 0.15) is 57.8 Å². The summed E-state index contributed by atoms with van der Waals surface area (Å²) in [4.78, 5) is 50.5. The normalized spacial score (nSPS) is 33.9. The van der Waals surface area contributed by atoms with Crippen LogP contribution < -0.4 is 11.1 Å².